The molecule has 0 atom stereocenters. The van der Waals surface area contributed by atoms with Crippen LogP contribution in [0.2, 0.25) is 0 Å². The number of fused-ring (bicyclic) bond motifs is 11. The van der Waals surface area contributed by atoms with E-state index in [2.05, 4.69) is 232 Å². The molecule has 316 valence electrons. The molecule has 0 spiro atoms. The number of aromatic nitrogens is 1. The average molecular weight is 856 g/mol. The molecule has 0 bridgehead atoms. The van der Waals surface area contributed by atoms with E-state index in [1.54, 1.807) is 0 Å². The van der Waals surface area contributed by atoms with Gasteiger partial charge in [-0.3, -0.25) is 0 Å². The molecule has 0 N–H and O–H groups in total. The third-order valence-electron chi connectivity index (χ3n) is 13.6. The highest BCUT2D eigenvalue weighted by Crippen LogP contribution is 2.45. The number of hydrogen-bond acceptors (Lipinski definition) is 2. The van der Waals surface area contributed by atoms with Gasteiger partial charge in [-0.1, -0.05) is 201 Å². The van der Waals surface area contributed by atoms with Crippen molar-refractivity contribution in [3.8, 4) is 22.6 Å². The fourth-order valence-corrected chi connectivity index (χ4v) is 10.3. The Labute approximate surface area is 390 Å². The Morgan fingerprint density at radius 1 is 0.537 bits per heavy atom. The molecule has 0 aliphatic heterocycles. The molecule has 0 saturated carbocycles. The number of aryl methyl sites for hydroxylation is 1. The average Bonchev–Trinajstić information content (AvgIpc) is 3.84. The molecule has 0 saturated heterocycles. The lowest BCUT2D eigenvalue weighted by Crippen LogP contribution is -2.00. The van der Waals surface area contributed by atoms with E-state index in [4.69, 9.17) is 16.0 Å². The molecule has 10 aromatic carbocycles. The Kier molecular flexibility index (Phi) is 9.81. The lowest BCUT2D eigenvalue weighted by atomic mass is 9.81. The zero-order chi connectivity index (χ0) is 45.0. The van der Waals surface area contributed by atoms with Gasteiger partial charge in [0.25, 0.3) is 0 Å². The molecule has 1 aliphatic rings. The van der Waals surface area contributed by atoms with E-state index < -0.39 is 0 Å². The summed E-state index contributed by atoms with van der Waals surface area (Å²) < 4.78 is 6.67. The second-order valence-electron chi connectivity index (χ2n) is 17.5. The zero-order valence-electron chi connectivity index (χ0n) is 37.3. The second kappa shape index (κ2) is 16.4. The Balaban J connectivity index is 1.06. The normalized spacial score (nSPS) is 15.0. The minimum Gasteiger partial charge on any atom is -0.435 e. The molecule has 1 heterocycles. The topological polar surface area (TPSA) is 26.0 Å². The molecule has 2 nitrogen and oxygen atoms in total. The molecular weight excluding hydrogens is 811 g/mol. The summed E-state index contributed by atoms with van der Waals surface area (Å²) in [6, 6.07) is 65.1. The number of nitrogens with zero attached hydrogens (tertiary/aromatic N) is 1. The molecule has 0 fully saturated rings. The summed E-state index contributed by atoms with van der Waals surface area (Å²) in [4.78, 5) is 5.15. The number of oxazole rings is 1. The molecular formula is C65H45NO. The van der Waals surface area contributed by atoms with Gasteiger partial charge in [0.15, 0.2) is 5.58 Å². The van der Waals surface area contributed by atoms with Gasteiger partial charge >= 0.3 is 0 Å². The van der Waals surface area contributed by atoms with Crippen molar-refractivity contribution in [1.82, 2.24) is 4.98 Å². The van der Waals surface area contributed by atoms with Crippen LogP contribution in [0.3, 0.4) is 0 Å². The van der Waals surface area contributed by atoms with Crippen molar-refractivity contribution in [3.63, 3.8) is 0 Å². The van der Waals surface area contributed by atoms with Gasteiger partial charge in [-0.25, -0.2) is 4.98 Å². The monoisotopic (exact) mass is 855 g/mol. The van der Waals surface area contributed by atoms with Crippen LogP contribution < -0.4 is 0 Å². The number of benzene rings is 10. The Morgan fingerprint density at radius 3 is 1.88 bits per heavy atom. The number of rotatable bonds is 6. The molecule has 2 heteroatoms. The summed E-state index contributed by atoms with van der Waals surface area (Å²) in [5, 5.41) is 11.7. The van der Waals surface area contributed by atoms with Gasteiger partial charge in [0.05, 0.1) is 0 Å². The van der Waals surface area contributed by atoms with Crippen LogP contribution in [0.5, 0.6) is 0 Å². The van der Waals surface area contributed by atoms with Gasteiger partial charge in [-0.05, 0) is 148 Å². The van der Waals surface area contributed by atoms with Crippen LogP contribution in [0, 0.1) is 6.92 Å². The highest BCUT2D eigenvalue weighted by atomic mass is 16.3. The summed E-state index contributed by atoms with van der Waals surface area (Å²) in [5.41, 5.74) is 14.7. The maximum absolute atomic E-state index is 6.67. The van der Waals surface area contributed by atoms with Crippen LogP contribution in [0.25, 0.3) is 110 Å². The van der Waals surface area contributed by atoms with Crippen molar-refractivity contribution in [3.05, 3.63) is 259 Å². The SMILES string of the molecule is C=C1/C=C\C=C/C/C=C(/C(=C/C(=C)c2cc3ccccc3c3ccccc23)c2cc(-c3ccc(-c4nc5c6ccccc6c6ccccc6c5o4)cc3)c3ccccc3c2C)c2ccccc21. The highest BCUT2D eigenvalue weighted by Gasteiger charge is 2.22. The summed E-state index contributed by atoms with van der Waals surface area (Å²) in [7, 11) is 0. The molecule has 0 radical (unpaired) electrons. The van der Waals surface area contributed by atoms with E-state index in [-0.39, 0.29) is 0 Å². The molecule has 0 amide bonds. The third-order valence-corrected chi connectivity index (χ3v) is 13.6. The largest absolute Gasteiger partial charge is 0.435 e. The first kappa shape index (κ1) is 40.0. The summed E-state index contributed by atoms with van der Waals surface area (Å²) in [6.07, 6.45) is 14.0. The summed E-state index contributed by atoms with van der Waals surface area (Å²) >= 11 is 0. The maximum atomic E-state index is 6.67. The van der Waals surface area contributed by atoms with Gasteiger partial charge in [-0.15, -0.1) is 0 Å². The molecule has 1 aromatic heterocycles. The van der Waals surface area contributed by atoms with E-state index in [1.165, 1.54) is 43.3 Å². The van der Waals surface area contributed by atoms with Gasteiger partial charge < -0.3 is 4.42 Å². The Bertz CT molecular complexity index is 3910. The van der Waals surface area contributed by atoms with Crippen LogP contribution in [0.15, 0.2) is 236 Å². The third kappa shape index (κ3) is 6.85. The van der Waals surface area contributed by atoms with E-state index in [9.17, 15) is 0 Å². The fourth-order valence-electron chi connectivity index (χ4n) is 10.3. The quantitative estimate of drug-likeness (QED) is 0.123. The van der Waals surface area contributed by atoms with E-state index in [0.29, 0.717) is 5.89 Å². The predicted octanol–water partition coefficient (Wildman–Crippen LogP) is 17.9. The standard InChI is InChI=1S/C65H45NO/c1-41-20-6-4-5-7-25-56(50-26-12-10-22-47(41)50)62(38-42(2)59-39-46-21-8-9-24-49(46)52-28-14-15-31-55(52)59)60-40-61(51-27-13-11-23-48(51)43(60)3)44-34-36-45(37-35-44)65-66-63-57-32-18-16-29-53(57)54-30-17-19-33-58(54)64(63)67-65/h4-6,8-40H,1-2,7H2,3H3/b5-4-,20-6-,56-25+,62-38-. The van der Waals surface area contributed by atoms with Crippen molar-refractivity contribution in [2.24, 2.45) is 0 Å². The van der Waals surface area contributed by atoms with Crippen LogP contribution in [-0.2, 0) is 0 Å². The van der Waals surface area contributed by atoms with Crippen LogP contribution >= 0.6 is 0 Å². The molecule has 0 unspecified atom stereocenters. The smallest absolute Gasteiger partial charge is 0.227 e. The number of hydrogen-bond donors (Lipinski definition) is 0. The maximum Gasteiger partial charge on any atom is 0.227 e. The first-order valence-electron chi connectivity index (χ1n) is 23.0. The van der Waals surface area contributed by atoms with Gasteiger partial charge in [0, 0.05) is 16.3 Å². The fraction of sp³-hybridized carbons (Fsp3) is 0.0308. The van der Waals surface area contributed by atoms with Crippen LogP contribution in [-0.4, -0.2) is 4.98 Å². The first-order valence-corrected chi connectivity index (χ1v) is 23.0. The highest BCUT2D eigenvalue weighted by molar-refractivity contribution is 6.23. The first-order chi connectivity index (χ1) is 33.0. The van der Waals surface area contributed by atoms with E-state index >= 15 is 0 Å². The lowest BCUT2D eigenvalue weighted by molar-refractivity contribution is 0.623. The molecule has 67 heavy (non-hydrogen) atoms. The minimum absolute atomic E-state index is 0.606. The van der Waals surface area contributed by atoms with Crippen molar-refractivity contribution in [1.29, 1.82) is 0 Å². The minimum atomic E-state index is 0.606. The Morgan fingerprint density at radius 2 is 1.12 bits per heavy atom. The number of allylic oxidation sites excluding steroid dienone is 10. The van der Waals surface area contributed by atoms with Gasteiger partial charge in [0.1, 0.15) is 5.52 Å². The molecule has 1 aliphatic carbocycles. The van der Waals surface area contributed by atoms with Crippen molar-refractivity contribution in [2.75, 3.05) is 0 Å². The van der Waals surface area contributed by atoms with Gasteiger partial charge in [-0.2, -0.15) is 0 Å². The van der Waals surface area contributed by atoms with E-state index in [1.807, 2.05) is 0 Å². The van der Waals surface area contributed by atoms with Crippen molar-refractivity contribution in [2.45, 2.75) is 13.3 Å². The van der Waals surface area contributed by atoms with Crippen molar-refractivity contribution < 1.29 is 4.42 Å². The summed E-state index contributed by atoms with van der Waals surface area (Å²) in [5.74, 6) is 0.606. The lowest BCUT2D eigenvalue weighted by Gasteiger charge is -2.22. The second-order valence-corrected chi connectivity index (χ2v) is 17.5. The molecule has 11 aromatic rings. The van der Waals surface area contributed by atoms with Crippen molar-refractivity contribution >= 4 is 87.3 Å². The Hall–Kier alpha value is -8.59. The molecule has 12 rings (SSSR count). The predicted molar refractivity (Wildman–Crippen MR) is 287 cm³/mol. The zero-order valence-corrected chi connectivity index (χ0v) is 37.3. The van der Waals surface area contributed by atoms with Crippen LogP contribution in [0.1, 0.15) is 34.2 Å². The summed E-state index contributed by atoms with van der Waals surface area (Å²) in [6.45, 7) is 11.7. The van der Waals surface area contributed by atoms with E-state index in [0.717, 1.165) is 94.9 Å². The van der Waals surface area contributed by atoms with Crippen LogP contribution in [0.4, 0.5) is 0 Å². The van der Waals surface area contributed by atoms with Gasteiger partial charge in [0.2, 0.25) is 5.89 Å².